The number of nitrogens with zero attached hydrogens (tertiary/aromatic N) is 4. The van der Waals surface area contributed by atoms with Gasteiger partial charge in [-0.15, -0.1) is 0 Å². The van der Waals surface area contributed by atoms with Crippen molar-refractivity contribution in [3.05, 3.63) is 58.0 Å². The lowest BCUT2D eigenvalue weighted by atomic mass is 10.1. The quantitative estimate of drug-likeness (QED) is 0.786. The molecule has 0 saturated heterocycles. The standard InChI is InChI=1S/C17H18FN5O2/c1-10(2)16(25)22(13-6-4-12(18)5-7-13)9-14-20-17-19-11(3)8-15(24)23(17)21-14/h4-8,10H,9H2,1-3H3,(H,19,20,21). The van der Waals surface area contributed by atoms with Gasteiger partial charge in [-0.3, -0.25) is 14.7 Å². The number of benzene rings is 1. The Bertz CT molecular complexity index is 975. The second-order valence-corrected chi connectivity index (χ2v) is 6.10. The first-order valence-electron chi connectivity index (χ1n) is 7.87. The fourth-order valence-electron chi connectivity index (χ4n) is 2.49. The minimum atomic E-state index is -0.379. The molecule has 0 saturated carbocycles. The number of nitrogens with one attached hydrogen (secondary N) is 1. The van der Waals surface area contributed by atoms with Crippen molar-refractivity contribution in [2.45, 2.75) is 27.3 Å². The van der Waals surface area contributed by atoms with Crippen LogP contribution < -0.4 is 10.5 Å². The summed E-state index contributed by atoms with van der Waals surface area (Å²) in [6.45, 7) is 5.40. The molecular formula is C17H18FN5O2. The maximum Gasteiger partial charge on any atom is 0.274 e. The van der Waals surface area contributed by atoms with Crippen LogP contribution in [0.5, 0.6) is 0 Å². The zero-order valence-corrected chi connectivity index (χ0v) is 14.2. The van der Waals surface area contributed by atoms with Gasteiger partial charge in [0.1, 0.15) is 11.6 Å². The van der Waals surface area contributed by atoms with Crippen molar-refractivity contribution in [1.82, 2.24) is 19.6 Å². The van der Waals surface area contributed by atoms with Crippen molar-refractivity contribution < 1.29 is 9.18 Å². The Morgan fingerprint density at radius 2 is 1.96 bits per heavy atom. The van der Waals surface area contributed by atoms with Crippen LogP contribution in [0.3, 0.4) is 0 Å². The van der Waals surface area contributed by atoms with Crippen LogP contribution in [0.25, 0.3) is 5.78 Å². The Balaban J connectivity index is 2.00. The molecule has 0 radical (unpaired) electrons. The molecule has 7 nitrogen and oxygen atoms in total. The van der Waals surface area contributed by atoms with Crippen molar-refractivity contribution in [3.8, 4) is 0 Å². The molecule has 0 bridgehead atoms. The molecule has 1 N–H and O–H groups in total. The van der Waals surface area contributed by atoms with Gasteiger partial charge < -0.3 is 4.90 Å². The van der Waals surface area contributed by atoms with E-state index in [-0.39, 0.29) is 35.5 Å². The van der Waals surface area contributed by atoms with Crippen LogP contribution >= 0.6 is 0 Å². The predicted octanol–water partition coefficient (Wildman–Crippen LogP) is 2.05. The highest BCUT2D eigenvalue weighted by molar-refractivity contribution is 5.94. The molecule has 0 fully saturated rings. The summed E-state index contributed by atoms with van der Waals surface area (Å²) < 4.78 is 14.4. The Hall–Kier alpha value is -3.03. The Morgan fingerprint density at radius 1 is 1.28 bits per heavy atom. The minimum absolute atomic E-state index is 0.116. The van der Waals surface area contributed by atoms with Crippen LogP contribution in [0.1, 0.15) is 25.4 Å². The van der Waals surface area contributed by atoms with E-state index >= 15 is 0 Å². The van der Waals surface area contributed by atoms with Crippen LogP contribution in [0.2, 0.25) is 0 Å². The number of fused-ring (bicyclic) bond motifs is 1. The second-order valence-electron chi connectivity index (χ2n) is 6.10. The van der Waals surface area contributed by atoms with Crippen molar-refractivity contribution in [2.75, 3.05) is 4.90 Å². The van der Waals surface area contributed by atoms with E-state index in [0.717, 1.165) is 0 Å². The van der Waals surface area contributed by atoms with E-state index in [1.807, 2.05) is 0 Å². The van der Waals surface area contributed by atoms with Crippen molar-refractivity contribution >= 4 is 17.4 Å². The van der Waals surface area contributed by atoms with Gasteiger partial charge in [0.2, 0.25) is 5.91 Å². The number of carbonyl (C=O) groups is 1. The minimum Gasteiger partial charge on any atom is -0.305 e. The molecule has 0 spiro atoms. The van der Waals surface area contributed by atoms with E-state index < -0.39 is 0 Å². The van der Waals surface area contributed by atoms with Gasteiger partial charge in [-0.2, -0.15) is 9.50 Å². The first-order chi connectivity index (χ1) is 11.8. The number of anilines is 1. The number of aryl methyl sites for hydroxylation is 1. The van der Waals surface area contributed by atoms with Crippen molar-refractivity contribution in [3.63, 3.8) is 0 Å². The molecule has 8 heteroatoms. The monoisotopic (exact) mass is 343 g/mol. The SMILES string of the molecule is Cc1cc(=O)n2[nH]c(CN(C(=O)C(C)C)c3ccc(F)cc3)nc2n1. The summed E-state index contributed by atoms with van der Waals surface area (Å²) in [5.41, 5.74) is 0.846. The second kappa shape index (κ2) is 6.46. The highest BCUT2D eigenvalue weighted by atomic mass is 19.1. The lowest BCUT2D eigenvalue weighted by Gasteiger charge is -2.23. The van der Waals surface area contributed by atoms with Gasteiger partial charge in [-0.1, -0.05) is 13.8 Å². The van der Waals surface area contributed by atoms with Crippen LogP contribution in [0, 0.1) is 18.7 Å². The Morgan fingerprint density at radius 3 is 2.60 bits per heavy atom. The van der Waals surface area contributed by atoms with Crippen molar-refractivity contribution in [2.24, 2.45) is 5.92 Å². The highest BCUT2D eigenvalue weighted by Gasteiger charge is 2.21. The lowest BCUT2D eigenvalue weighted by molar-refractivity contribution is -0.121. The molecule has 1 amide bonds. The number of aromatic nitrogens is 4. The average Bonchev–Trinajstić information content (AvgIpc) is 2.95. The van der Waals surface area contributed by atoms with Crippen molar-refractivity contribution in [1.29, 1.82) is 0 Å². The van der Waals surface area contributed by atoms with Gasteiger partial charge in [0.25, 0.3) is 11.3 Å². The van der Waals surface area contributed by atoms with Crippen LogP contribution in [-0.2, 0) is 11.3 Å². The first kappa shape index (κ1) is 16.8. The molecule has 3 aromatic rings. The molecule has 0 aliphatic carbocycles. The largest absolute Gasteiger partial charge is 0.305 e. The smallest absolute Gasteiger partial charge is 0.274 e. The Labute approximate surface area is 143 Å². The number of aromatic amines is 1. The predicted molar refractivity (Wildman–Crippen MR) is 90.8 cm³/mol. The third-order valence-corrected chi connectivity index (χ3v) is 3.71. The van der Waals surface area contributed by atoms with Gasteiger partial charge in [-0.05, 0) is 31.2 Å². The number of halogens is 1. The van der Waals surface area contributed by atoms with Crippen LogP contribution in [0.4, 0.5) is 10.1 Å². The van der Waals surface area contributed by atoms with E-state index in [1.165, 1.54) is 39.7 Å². The zero-order valence-electron chi connectivity index (χ0n) is 14.2. The number of rotatable bonds is 4. The van der Waals surface area contributed by atoms with Gasteiger partial charge in [0.15, 0.2) is 0 Å². The lowest BCUT2D eigenvalue weighted by Crippen LogP contribution is -2.34. The van der Waals surface area contributed by atoms with Crippen LogP contribution in [0.15, 0.2) is 35.1 Å². The van der Waals surface area contributed by atoms with Gasteiger partial charge >= 0.3 is 0 Å². The highest BCUT2D eigenvalue weighted by Crippen LogP contribution is 2.19. The summed E-state index contributed by atoms with van der Waals surface area (Å²) in [6.07, 6.45) is 0. The van der Waals surface area contributed by atoms with Gasteiger partial charge in [-0.25, -0.2) is 9.37 Å². The number of hydrogen-bond acceptors (Lipinski definition) is 4. The third-order valence-electron chi connectivity index (χ3n) is 3.71. The molecule has 0 aliphatic rings. The molecular weight excluding hydrogens is 325 g/mol. The molecule has 1 aromatic carbocycles. The number of carbonyl (C=O) groups excluding carboxylic acids is 1. The molecule has 0 aliphatic heterocycles. The van der Waals surface area contributed by atoms with Gasteiger partial charge in [0, 0.05) is 23.4 Å². The summed E-state index contributed by atoms with van der Waals surface area (Å²) in [5.74, 6) is -0.110. The zero-order chi connectivity index (χ0) is 18.1. The number of hydrogen-bond donors (Lipinski definition) is 1. The summed E-state index contributed by atoms with van der Waals surface area (Å²) in [6, 6.07) is 7.06. The number of H-pyrrole nitrogens is 1. The third kappa shape index (κ3) is 3.42. The fourth-order valence-corrected chi connectivity index (χ4v) is 2.49. The maximum atomic E-state index is 13.2. The van der Waals surface area contributed by atoms with E-state index in [0.29, 0.717) is 17.2 Å². The van der Waals surface area contributed by atoms with Gasteiger partial charge in [0.05, 0.1) is 6.54 Å². The topological polar surface area (TPSA) is 83.4 Å². The van der Waals surface area contributed by atoms with Crippen LogP contribution in [-0.4, -0.2) is 25.5 Å². The van der Waals surface area contributed by atoms with E-state index in [4.69, 9.17) is 0 Å². The molecule has 3 rings (SSSR count). The molecule has 2 heterocycles. The summed E-state index contributed by atoms with van der Waals surface area (Å²) in [4.78, 5) is 34.5. The maximum absolute atomic E-state index is 13.2. The summed E-state index contributed by atoms with van der Waals surface area (Å²) in [7, 11) is 0. The molecule has 0 unspecified atom stereocenters. The average molecular weight is 343 g/mol. The molecule has 130 valence electrons. The molecule has 0 atom stereocenters. The Kier molecular flexibility index (Phi) is 4.35. The normalized spacial score (nSPS) is 11.2. The summed E-state index contributed by atoms with van der Waals surface area (Å²) in [5, 5.41) is 2.86. The first-order valence-corrected chi connectivity index (χ1v) is 7.87. The molecule has 25 heavy (non-hydrogen) atoms. The van der Waals surface area contributed by atoms with E-state index in [1.54, 1.807) is 20.8 Å². The summed E-state index contributed by atoms with van der Waals surface area (Å²) >= 11 is 0. The van der Waals surface area contributed by atoms with E-state index in [2.05, 4.69) is 15.1 Å². The van der Waals surface area contributed by atoms with E-state index in [9.17, 15) is 14.0 Å². The molecule has 2 aromatic heterocycles. The fraction of sp³-hybridized carbons (Fsp3) is 0.294. The number of amides is 1.